The maximum atomic E-state index is 5.97. The standard InChI is InChI=1S/C11H22N4O2/c1-4-9-10(12)11(15(2)14-9)13-5-6-17-8-7-16-3/h13H,4-8,12H2,1-3H3. The Bertz CT molecular complexity index is 338. The summed E-state index contributed by atoms with van der Waals surface area (Å²) in [6, 6.07) is 0. The third-order valence-electron chi connectivity index (χ3n) is 2.47. The van der Waals surface area contributed by atoms with Crippen molar-refractivity contribution in [2.45, 2.75) is 13.3 Å². The molecule has 0 aromatic carbocycles. The Kier molecular flexibility index (Phi) is 5.79. The van der Waals surface area contributed by atoms with E-state index < -0.39 is 0 Å². The van der Waals surface area contributed by atoms with Crippen molar-refractivity contribution in [2.75, 3.05) is 44.5 Å². The van der Waals surface area contributed by atoms with Gasteiger partial charge in [0, 0.05) is 20.7 Å². The van der Waals surface area contributed by atoms with Crippen LogP contribution < -0.4 is 11.1 Å². The topological polar surface area (TPSA) is 74.3 Å². The van der Waals surface area contributed by atoms with E-state index in [4.69, 9.17) is 15.2 Å². The number of ether oxygens (including phenoxy) is 2. The number of aromatic nitrogens is 2. The predicted octanol–water partition coefficient (Wildman–Crippen LogP) is 0.640. The zero-order chi connectivity index (χ0) is 12.7. The molecule has 3 N–H and O–H groups in total. The predicted molar refractivity (Wildman–Crippen MR) is 68.2 cm³/mol. The van der Waals surface area contributed by atoms with E-state index in [9.17, 15) is 0 Å². The number of hydrogen-bond acceptors (Lipinski definition) is 5. The van der Waals surface area contributed by atoms with Gasteiger partial charge < -0.3 is 20.5 Å². The molecule has 0 radical (unpaired) electrons. The third kappa shape index (κ3) is 3.90. The lowest BCUT2D eigenvalue weighted by molar-refractivity contribution is 0.0759. The Hall–Kier alpha value is -1.27. The first kappa shape index (κ1) is 13.8. The number of anilines is 2. The highest BCUT2D eigenvalue weighted by molar-refractivity contribution is 5.64. The van der Waals surface area contributed by atoms with Gasteiger partial charge in [-0.05, 0) is 6.42 Å². The molecule has 1 rings (SSSR count). The van der Waals surface area contributed by atoms with Crippen LogP contribution in [-0.4, -0.2) is 43.3 Å². The van der Waals surface area contributed by atoms with Crippen molar-refractivity contribution in [3.05, 3.63) is 5.69 Å². The Morgan fingerprint density at radius 1 is 1.35 bits per heavy atom. The van der Waals surface area contributed by atoms with Crippen LogP contribution in [0.5, 0.6) is 0 Å². The Balaban J connectivity index is 2.34. The summed E-state index contributed by atoms with van der Waals surface area (Å²) in [5, 5.41) is 7.55. The average Bonchev–Trinajstić information content (AvgIpc) is 2.60. The summed E-state index contributed by atoms with van der Waals surface area (Å²) in [4.78, 5) is 0. The van der Waals surface area contributed by atoms with Crippen LogP contribution >= 0.6 is 0 Å². The first-order chi connectivity index (χ1) is 8.20. The van der Waals surface area contributed by atoms with Crippen LogP contribution in [0, 0.1) is 0 Å². The zero-order valence-corrected chi connectivity index (χ0v) is 10.8. The van der Waals surface area contributed by atoms with Gasteiger partial charge in [-0.3, -0.25) is 4.68 Å². The van der Waals surface area contributed by atoms with E-state index in [1.807, 2.05) is 14.0 Å². The number of nitrogens with zero attached hydrogens (tertiary/aromatic N) is 2. The van der Waals surface area contributed by atoms with Gasteiger partial charge in [-0.15, -0.1) is 0 Å². The van der Waals surface area contributed by atoms with Crippen LogP contribution in [0.2, 0.25) is 0 Å². The first-order valence-corrected chi connectivity index (χ1v) is 5.82. The smallest absolute Gasteiger partial charge is 0.147 e. The molecule has 0 amide bonds. The van der Waals surface area contributed by atoms with Crippen molar-refractivity contribution in [1.29, 1.82) is 0 Å². The second-order valence-corrected chi connectivity index (χ2v) is 3.72. The number of rotatable bonds is 8. The number of nitrogen functional groups attached to an aromatic ring is 1. The molecule has 1 aromatic heterocycles. The quantitative estimate of drug-likeness (QED) is 0.654. The minimum absolute atomic E-state index is 0.610. The van der Waals surface area contributed by atoms with Crippen LogP contribution in [0.4, 0.5) is 11.5 Å². The van der Waals surface area contributed by atoms with Gasteiger partial charge >= 0.3 is 0 Å². The molecule has 0 aliphatic rings. The summed E-state index contributed by atoms with van der Waals surface area (Å²) in [5.74, 6) is 0.859. The fourth-order valence-corrected chi connectivity index (χ4v) is 1.55. The Morgan fingerprint density at radius 2 is 2.12 bits per heavy atom. The highest BCUT2D eigenvalue weighted by Gasteiger charge is 2.10. The Labute approximate surface area is 102 Å². The molecule has 6 nitrogen and oxygen atoms in total. The van der Waals surface area contributed by atoms with Gasteiger partial charge in [-0.25, -0.2) is 0 Å². The van der Waals surface area contributed by atoms with E-state index in [2.05, 4.69) is 10.4 Å². The van der Waals surface area contributed by atoms with Crippen molar-refractivity contribution in [2.24, 2.45) is 7.05 Å². The fraction of sp³-hybridized carbons (Fsp3) is 0.727. The minimum Gasteiger partial charge on any atom is -0.394 e. The summed E-state index contributed by atoms with van der Waals surface area (Å²) in [5.41, 5.74) is 7.63. The molecule has 0 spiro atoms. The summed E-state index contributed by atoms with van der Waals surface area (Å²) < 4.78 is 12.0. The molecule has 6 heteroatoms. The highest BCUT2D eigenvalue weighted by atomic mass is 16.5. The second-order valence-electron chi connectivity index (χ2n) is 3.72. The molecule has 0 fully saturated rings. The molecule has 1 aromatic rings. The van der Waals surface area contributed by atoms with Crippen molar-refractivity contribution in [3.8, 4) is 0 Å². The van der Waals surface area contributed by atoms with E-state index in [-0.39, 0.29) is 0 Å². The monoisotopic (exact) mass is 242 g/mol. The number of nitrogens with one attached hydrogen (secondary N) is 1. The van der Waals surface area contributed by atoms with E-state index >= 15 is 0 Å². The van der Waals surface area contributed by atoms with Crippen molar-refractivity contribution in [1.82, 2.24) is 9.78 Å². The molecule has 0 bridgehead atoms. The molecular formula is C11H22N4O2. The molecule has 0 atom stereocenters. The van der Waals surface area contributed by atoms with Gasteiger partial charge in [0.2, 0.25) is 0 Å². The van der Waals surface area contributed by atoms with E-state index in [1.54, 1.807) is 11.8 Å². The van der Waals surface area contributed by atoms with Crippen LogP contribution in [0.25, 0.3) is 0 Å². The van der Waals surface area contributed by atoms with E-state index in [0.29, 0.717) is 26.4 Å². The molecule has 17 heavy (non-hydrogen) atoms. The zero-order valence-electron chi connectivity index (χ0n) is 10.8. The van der Waals surface area contributed by atoms with Crippen LogP contribution in [-0.2, 0) is 22.9 Å². The van der Waals surface area contributed by atoms with Gasteiger partial charge in [-0.2, -0.15) is 5.10 Å². The molecule has 98 valence electrons. The summed E-state index contributed by atoms with van der Waals surface area (Å²) >= 11 is 0. The molecule has 0 saturated heterocycles. The molecule has 0 aliphatic carbocycles. The number of aryl methyl sites for hydroxylation is 2. The van der Waals surface area contributed by atoms with Crippen LogP contribution in [0.3, 0.4) is 0 Å². The average molecular weight is 242 g/mol. The van der Waals surface area contributed by atoms with Crippen LogP contribution in [0.15, 0.2) is 0 Å². The lowest BCUT2D eigenvalue weighted by atomic mass is 10.3. The minimum atomic E-state index is 0.610. The first-order valence-electron chi connectivity index (χ1n) is 5.82. The van der Waals surface area contributed by atoms with Crippen molar-refractivity contribution >= 4 is 11.5 Å². The van der Waals surface area contributed by atoms with Gasteiger partial charge in [0.1, 0.15) is 5.82 Å². The number of methoxy groups -OCH3 is 1. The van der Waals surface area contributed by atoms with Crippen molar-refractivity contribution < 1.29 is 9.47 Å². The summed E-state index contributed by atoms with van der Waals surface area (Å²) in [6.07, 6.45) is 0.839. The molecule has 0 aliphatic heterocycles. The maximum absolute atomic E-state index is 5.97. The Morgan fingerprint density at radius 3 is 2.71 bits per heavy atom. The highest BCUT2D eigenvalue weighted by Crippen LogP contribution is 2.21. The normalized spacial score (nSPS) is 10.8. The van der Waals surface area contributed by atoms with E-state index in [1.165, 1.54) is 0 Å². The fourth-order valence-electron chi connectivity index (χ4n) is 1.55. The molecular weight excluding hydrogens is 220 g/mol. The summed E-state index contributed by atoms with van der Waals surface area (Å²) in [7, 11) is 3.54. The second kappa shape index (κ2) is 7.13. The van der Waals surface area contributed by atoms with Crippen molar-refractivity contribution in [3.63, 3.8) is 0 Å². The van der Waals surface area contributed by atoms with Gasteiger partial charge in [0.15, 0.2) is 0 Å². The number of hydrogen-bond donors (Lipinski definition) is 2. The lowest BCUT2D eigenvalue weighted by Gasteiger charge is -2.08. The van der Waals surface area contributed by atoms with Gasteiger partial charge in [-0.1, -0.05) is 6.92 Å². The molecule has 0 saturated carbocycles. The van der Waals surface area contributed by atoms with Crippen LogP contribution in [0.1, 0.15) is 12.6 Å². The largest absolute Gasteiger partial charge is 0.394 e. The molecule has 1 heterocycles. The molecule has 0 unspecified atom stereocenters. The van der Waals surface area contributed by atoms with Gasteiger partial charge in [0.05, 0.1) is 31.2 Å². The summed E-state index contributed by atoms with van der Waals surface area (Å²) in [6.45, 7) is 4.59. The SMILES string of the molecule is CCc1nn(C)c(NCCOCCOC)c1N. The maximum Gasteiger partial charge on any atom is 0.147 e. The van der Waals surface area contributed by atoms with E-state index in [0.717, 1.165) is 23.6 Å². The lowest BCUT2D eigenvalue weighted by Crippen LogP contribution is -2.14. The number of nitrogens with two attached hydrogens (primary N) is 1. The third-order valence-corrected chi connectivity index (χ3v) is 2.47. The van der Waals surface area contributed by atoms with Gasteiger partial charge in [0.25, 0.3) is 0 Å².